The van der Waals surface area contributed by atoms with Gasteiger partial charge >= 0.3 is 0 Å². The van der Waals surface area contributed by atoms with E-state index in [0.717, 1.165) is 29.7 Å². The van der Waals surface area contributed by atoms with Crippen LogP contribution in [0.15, 0.2) is 23.2 Å². The van der Waals surface area contributed by atoms with Crippen molar-refractivity contribution in [2.75, 3.05) is 6.54 Å². The van der Waals surface area contributed by atoms with E-state index in [-0.39, 0.29) is 29.5 Å². The van der Waals surface area contributed by atoms with Gasteiger partial charge in [-0.15, -0.1) is 0 Å². The summed E-state index contributed by atoms with van der Waals surface area (Å²) in [6.45, 7) is 6.57. The molecule has 27 heavy (non-hydrogen) atoms. The van der Waals surface area contributed by atoms with Gasteiger partial charge < -0.3 is 5.32 Å². The second-order valence-corrected chi connectivity index (χ2v) is 8.65. The van der Waals surface area contributed by atoms with E-state index < -0.39 is 0 Å². The Morgan fingerprint density at radius 2 is 2.00 bits per heavy atom. The molecule has 0 aromatic heterocycles. The molecule has 1 saturated carbocycles. The van der Waals surface area contributed by atoms with Gasteiger partial charge in [-0.1, -0.05) is 43.2 Å². The lowest BCUT2D eigenvalue weighted by Crippen LogP contribution is -2.39. The molecule has 0 spiro atoms. The van der Waals surface area contributed by atoms with Crippen molar-refractivity contribution in [2.24, 2.45) is 4.99 Å². The van der Waals surface area contributed by atoms with E-state index in [1.807, 2.05) is 32.9 Å². The Bertz CT molecular complexity index is 741. The zero-order chi connectivity index (χ0) is 19.4. The lowest BCUT2D eigenvalue weighted by molar-refractivity contribution is -0.129. The van der Waals surface area contributed by atoms with Gasteiger partial charge in [-0.25, -0.2) is 4.99 Å². The van der Waals surface area contributed by atoms with Crippen LogP contribution in [0.25, 0.3) is 0 Å². The number of hydrogen-bond acceptors (Lipinski definition) is 4. The summed E-state index contributed by atoms with van der Waals surface area (Å²) in [5.74, 6) is -0.0258. The maximum absolute atomic E-state index is 12.8. The molecule has 3 rings (SSSR count). The molecule has 1 saturated heterocycles. The molecule has 1 aromatic carbocycles. The molecule has 1 atom stereocenters. The van der Waals surface area contributed by atoms with Crippen LogP contribution in [0.2, 0.25) is 0 Å². The first kappa shape index (κ1) is 19.9. The Kier molecular flexibility index (Phi) is 6.58. The lowest BCUT2D eigenvalue weighted by atomic mass is 9.95. The predicted molar refractivity (Wildman–Crippen MR) is 111 cm³/mol. The maximum Gasteiger partial charge on any atom is 0.242 e. The fourth-order valence-corrected chi connectivity index (χ4v) is 4.88. The Labute approximate surface area is 166 Å². The summed E-state index contributed by atoms with van der Waals surface area (Å²) >= 11 is 1.42. The number of nitrogens with one attached hydrogen (secondary N) is 1. The van der Waals surface area contributed by atoms with Crippen molar-refractivity contribution < 1.29 is 9.59 Å². The summed E-state index contributed by atoms with van der Waals surface area (Å²) in [5, 5.41) is 3.44. The Balaban J connectivity index is 1.69. The van der Waals surface area contributed by atoms with Gasteiger partial charge in [0.2, 0.25) is 11.8 Å². The highest BCUT2D eigenvalue weighted by Crippen LogP contribution is 2.32. The van der Waals surface area contributed by atoms with Crippen LogP contribution in [-0.2, 0) is 9.59 Å². The van der Waals surface area contributed by atoms with E-state index in [1.54, 1.807) is 4.90 Å². The van der Waals surface area contributed by atoms with Crippen LogP contribution >= 0.6 is 11.8 Å². The summed E-state index contributed by atoms with van der Waals surface area (Å²) in [6, 6.07) is 6.41. The standard InChI is InChI=1S/C21H29N3O2S/c1-4-24-20(26)18(13-19(25)22-16-8-6-5-7-9-16)27-21(24)23-17-12-14(2)10-11-15(17)3/h10-12,16,18H,4-9,13H2,1-3H3,(H,22,25). The number of hydrogen-bond donors (Lipinski definition) is 1. The molecule has 0 radical (unpaired) electrons. The molecular weight excluding hydrogens is 358 g/mol. The van der Waals surface area contributed by atoms with Gasteiger partial charge in [0, 0.05) is 19.0 Å². The largest absolute Gasteiger partial charge is 0.353 e. The smallest absolute Gasteiger partial charge is 0.242 e. The minimum atomic E-state index is -0.377. The highest BCUT2D eigenvalue weighted by molar-refractivity contribution is 8.15. The summed E-state index contributed by atoms with van der Waals surface area (Å²) < 4.78 is 0. The minimum absolute atomic E-state index is 0.00893. The van der Waals surface area contributed by atoms with Gasteiger partial charge in [-0.2, -0.15) is 0 Å². The average Bonchev–Trinajstić information content (AvgIpc) is 2.93. The first-order valence-corrected chi connectivity index (χ1v) is 10.8. The van der Waals surface area contributed by atoms with E-state index in [9.17, 15) is 9.59 Å². The molecule has 1 aliphatic heterocycles. The highest BCUT2D eigenvalue weighted by atomic mass is 32.2. The third kappa shape index (κ3) is 4.92. The highest BCUT2D eigenvalue weighted by Gasteiger charge is 2.38. The molecule has 1 unspecified atom stereocenters. The van der Waals surface area contributed by atoms with E-state index >= 15 is 0 Å². The predicted octanol–water partition coefficient (Wildman–Crippen LogP) is 4.09. The van der Waals surface area contributed by atoms with Crippen molar-refractivity contribution >= 4 is 34.4 Å². The number of aryl methyl sites for hydroxylation is 2. The number of carbonyl (C=O) groups is 2. The third-order valence-corrected chi connectivity index (χ3v) is 6.43. The maximum atomic E-state index is 12.8. The molecule has 1 aliphatic carbocycles. The summed E-state index contributed by atoms with van der Waals surface area (Å²) in [5.41, 5.74) is 3.10. The van der Waals surface area contributed by atoms with Crippen molar-refractivity contribution in [1.29, 1.82) is 0 Å². The summed E-state index contributed by atoms with van der Waals surface area (Å²) in [7, 11) is 0. The zero-order valence-corrected chi connectivity index (χ0v) is 17.3. The molecule has 1 aromatic rings. The van der Waals surface area contributed by atoms with Crippen molar-refractivity contribution in [3.63, 3.8) is 0 Å². The number of benzene rings is 1. The molecular formula is C21H29N3O2S. The average molecular weight is 388 g/mol. The second kappa shape index (κ2) is 8.91. The molecule has 2 amide bonds. The number of rotatable bonds is 5. The summed E-state index contributed by atoms with van der Waals surface area (Å²) in [4.78, 5) is 31.6. The number of amides is 2. The van der Waals surface area contributed by atoms with Crippen LogP contribution in [0.3, 0.4) is 0 Å². The molecule has 1 N–H and O–H groups in total. The molecule has 146 valence electrons. The van der Waals surface area contributed by atoms with Crippen molar-refractivity contribution in [1.82, 2.24) is 10.2 Å². The SMILES string of the molecule is CCN1C(=O)C(CC(=O)NC2CCCCC2)SC1=Nc1cc(C)ccc1C. The normalized spacial score (nSPS) is 22.5. The van der Waals surface area contributed by atoms with Gasteiger partial charge in [-0.05, 0) is 50.8 Å². The monoisotopic (exact) mass is 387 g/mol. The van der Waals surface area contributed by atoms with Crippen LogP contribution in [0.5, 0.6) is 0 Å². The summed E-state index contributed by atoms with van der Waals surface area (Å²) in [6.07, 6.45) is 5.95. The lowest BCUT2D eigenvalue weighted by Gasteiger charge is -2.23. The van der Waals surface area contributed by atoms with Crippen LogP contribution in [0.4, 0.5) is 5.69 Å². The number of carbonyl (C=O) groups excluding carboxylic acids is 2. The fraction of sp³-hybridized carbons (Fsp3) is 0.571. The number of amidine groups is 1. The molecule has 5 nitrogen and oxygen atoms in total. The van der Waals surface area contributed by atoms with Gasteiger partial charge in [0.05, 0.1) is 5.69 Å². The number of nitrogens with zero attached hydrogens (tertiary/aromatic N) is 2. The fourth-order valence-electron chi connectivity index (χ4n) is 3.66. The van der Waals surface area contributed by atoms with E-state index in [1.165, 1.54) is 31.0 Å². The van der Waals surface area contributed by atoms with Gasteiger partial charge in [0.25, 0.3) is 0 Å². The van der Waals surface area contributed by atoms with Crippen LogP contribution in [0, 0.1) is 13.8 Å². The van der Waals surface area contributed by atoms with Crippen LogP contribution < -0.4 is 5.32 Å². The number of thioether (sulfide) groups is 1. The van der Waals surface area contributed by atoms with Gasteiger partial charge in [-0.3, -0.25) is 14.5 Å². The first-order chi connectivity index (χ1) is 13.0. The molecule has 1 heterocycles. The molecule has 6 heteroatoms. The van der Waals surface area contributed by atoms with Crippen molar-refractivity contribution in [2.45, 2.75) is 70.6 Å². The van der Waals surface area contributed by atoms with Gasteiger partial charge in [0.15, 0.2) is 5.17 Å². The molecule has 0 bridgehead atoms. The quantitative estimate of drug-likeness (QED) is 0.828. The Hall–Kier alpha value is -1.82. The third-order valence-electron chi connectivity index (χ3n) is 5.26. The first-order valence-electron chi connectivity index (χ1n) is 9.91. The Morgan fingerprint density at radius 1 is 1.26 bits per heavy atom. The van der Waals surface area contributed by atoms with Crippen molar-refractivity contribution in [3.8, 4) is 0 Å². The van der Waals surface area contributed by atoms with E-state index in [0.29, 0.717) is 11.7 Å². The molecule has 2 aliphatic rings. The second-order valence-electron chi connectivity index (χ2n) is 7.48. The number of aliphatic imine (C=N–C) groups is 1. The Morgan fingerprint density at radius 3 is 2.70 bits per heavy atom. The van der Waals surface area contributed by atoms with Gasteiger partial charge in [0.1, 0.15) is 5.25 Å². The zero-order valence-electron chi connectivity index (χ0n) is 16.5. The van der Waals surface area contributed by atoms with E-state index in [2.05, 4.69) is 11.4 Å². The topological polar surface area (TPSA) is 61.8 Å². The van der Waals surface area contributed by atoms with E-state index in [4.69, 9.17) is 4.99 Å². The van der Waals surface area contributed by atoms with Crippen LogP contribution in [0.1, 0.15) is 56.6 Å². The van der Waals surface area contributed by atoms with Crippen LogP contribution in [-0.4, -0.2) is 39.7 Å². The minimum Gasteiger partial charge on any atom is -0.353 e. The van der Waals surface area contributed by atoms with Crippen molar-refractivity contribution in [3.05, 3.63) is 29.3 Å². The molecule has 2 fully saturated rings.